The maximum Gasteiger partial charge on any atom is 0.0705 e. The molecule has 2 nitrogen and oxygen atoms in total. The van der Waals surface area contributed by atoms with Crippen molar-refractivity contribution in [3.63, 3.8) is 0 Å². The van der Waals surface area contributed by atoms with Gasteiger partial charge in [-0.15, -0.1) is 0 Å². The number of rotatable bonds is 5. The van der Waals surface area contributed by atoms with Crippen molar-refractivity contribution in [1.82, 2.24) is 10.3 Å². The van der Waals surface area contributed by atoms with Crippen LogP contribution in [0.1, 0.15) is 36.9 Å². The Morgan fingerprint density at radius 3 is 2.89 bits per heavy atom. The minimum absolute atomic E-state index is 0.969. The van der Waals surface area contributed by atoms with E-state index in [4.69, 9.17) is 0 Å². The number of nitrogens with one attached hydrogen (secondary N) is 1. The van der Waals surface area contributed by atoms with E-state index < -0.39 is 0 Å². The van der Waals surface area contributed by atoms with Gasteiger partial charge in [-0.25, -0.2) is 0 Å². The second-order valence-electron chi connectivity index (χ2n) is 5.74. The monoisotopic (exact) mass is 254 g/mol. The van der Waals surface area contributed by atoms with Gasteiger partial charge in [0.15, 0.2) is 0 Å². The van der Waals surface area contributed by atoms with Gasteiger partial charge in [-0.1, -0.05) is 31.4 Å². The van der Waals surface area contributed by atoms with E-state index in [-0.39, 0.29) is 0 Å². The van der Waals surface area contributed by atoms with Crippen LogP contribution in [0.2, 0.25) is 0 Å². The summed E-state index contributed by atoms with van der Waals surface area (Å²) in [5, 5.41) is 4.80. The summed E-state index contributed by atoms with van der Waals surface area (Å²) < 4.78 is 0. The first kappa shape index (κ1) is 12.6. The van der Waals surface area contributed by atoms with Gasteiger partial charge in [0.1, 0.15) is 0 Å². The number of aromatic nitrogens is 1. The highest BCUT2D eigenvalue weighted by molar-refractivity contribution is 5.79. The minimum Gasteiger partial charge on any atom is -0.313 e. The molecular formula is C17H22N2. The molecule has 1 N–H and O–H groups in total. The zero-order valence-corrected chi connectivity index (χ0v) is 11.7. The summed E-state index contributed by atoms with van der Waals surface area (Å²) in [5.74, 6) is 0.997. The Morgan fingerprint density at radius 1 is 1.21 bits per heavy atom. The molecule has 1 heterocycles. The van der Waals surface area contributed by atoms with Crippen LogP contribution in [0.3, 0.4) is 0 Å². The SMILES string of the molecule is Cc1ccc2cc(CNCCC3CCC3)ccc2n1. The van der Waals surface area contributed by atoms with Crippen molar-refractivity contribution >= 4 is 10.9 Å². The van der Waals surface area contributed by atoms with Gasteiger partial charge < -0.3 is 5.32 Å². The Balaban J connectivity index is 1.56. The molecule has 0 unspecified atom stereocenters. The van der Waals surface area contributed by atoms with Gasteiger partial charge in [0.05, 0.1) is 5.52 Å². The van der Waals surface area contributed by atoms with Gasteiger partial charge in [0.2, 0.25) is 0 Å². The Kier molecular flexibility index (Phi) is 3.79. The molecule has 0 amide bonds. The van der Waals surface area contributed by atoms with Crippen molar-refractivity contribution in [2.24, 2.45) is 5.92 Å². The molecule has 1 aromatic carbocycles. The van der Waals surface area contributed by atoms with E-state index in [2.05, 4.69) is 40.6 Å². The van der Waals surface area contributed by atoms with Gasteiger partial charge in [-0.05, 0) is 49.6 Å². The Labute approximate surface area is 115 Å². The van der Waals surface area contributed by atoms with Gasteiger partial charge in [-0.2, -0.15) is 0 Å². The van der Waals surface area contributed by atoms with Crippen molar-refractivity contribution < 1.29 is 0 Å². The van der Waals surface area contributed by atoms with Crippen LogP contribution >= 0.6 is 0 Å². The molecule has 19 heavy (non-hydrogen) atoms. The lowest BCUT2D eigenvalue weighted by Gasteiger charge is -2.25. The third kappa shape index (κ3) is 3.13. The zero-order valence-electron chi connectivity index (χ0n) is 11.7. The molecule has 1 aromatic heterocycles. The highest BCUT2D eigenvalue weighted by Gasteiger charge is 2.16. The van der Waals surface area contributed by atoms with Crippen molar-refractivity contribution in [2.75, 3.05) is 6.54 Å². The fraction of sp³-hybridized carbons (Fsp3) is 0.471. The predicted molar refractivity (Wildman–Crippen MR) is 80.1 cm³/mol. The second kappa shape index (κ2) is 5.70. The third-order valence-corrected chi connectivity index (χ3v) is 4.18. The molecule has 3 rings (SSSR count). The molecule has 2 heteroatoms. The molecule has 0 spiro atoms. The minimum atomic E-state index is 0.969. The van der Waals surface area contributed by atoms with Crippen LogP contribution < -0.4 is 5.32 Å². The number of hydrogen-bond acceptors (Lipinski definition) is 2. The van der Waals surface area contributed by atoms with E-state index in [1.54, 1.807) is 0 Å². The van der Waals surface area contributed by atoms with E-state index in [0.29, 0.717) is 0 Å². The summed E-state index contributed by atoms with van der Waals surface area (Å²) in [6, 6.07) is 10.8. The first-order chi connectivity index (χ1) is 9.31. The lowest BCUT2D eigenvalue weighted by atomic mass is 9.83. The molecule has 1 aliphatic rings. The summed E-state index contributed by atoms with van der Waals surface area (Å²) in [4.78, 5) is 4.53. The van der Waals surface area contributed by atoms with Crippen LogP contribution in [0.15, 0.2) is 30.3 Å². The molecule has 100 valence electrons. The molecule has 0 atom stereocenters. The number of aryl methyl sites for hydroxylation is 1. The molecule has 0 aliphatic heterocycles. The number of hydrogen-bond donors (Lipinski definition) is 1. The van der Waals surface area contributed by atoms with Crippen LogP contribution in [0, 0.1) is 12.8 Å². The standard InChI is InChI=1S/C17H22N2/c1-13-5-7-16-11-15(6-8-17(16)19-13)12-18-10-9-14-3-2-4-14/h5-8,11,14,18H,2-4,9-10,12H2,1H3. The molecule has 0 bridgehead atoms. The smallest absolute Gasteiger partial charge is 0.0705 e. The van der Waals surface area contributed by atoms with Crippen LogP contribution in [-0.4, -0.2) is 11.5 Å². The number of fused-ring (bicyclic) bond motifs is 1. The first-order valence-corrected chi connectivity index (χ1v) is 7.38. The molecule has 1 aliphatic carbocycles. The van der Waals surface area contributed by atoms with E-state index >= 15 is 0 Å². The fourth-order valence-corrected chi connectivity index (χ4v) is 2.71. The molecule has 2 aromatic rings. The first-order valence-electron chi connectivity index (χ1n) is 7.38. The molecule has 1 fully saturated rings. The normalized spacial score (nSPS) is 15.6. The van der Waals surface area contributed by atoms with Gasteiger partial charge in [0, 0.05) is 17.6 Å². The van der Waals surface area contributed by atoms with Crippen LogP contribution in [0.5, 0.6) is 0 Å². The summed E-state index contributed by atoms with van der Waals surface area (Å²) in [6.07, 6.45) is 5.68. The summed E-state index contributed by atoms with van der Waals surface area (Å²) in [5.41, 5.74) is 3.53. The predicted octanol–water partition coefficient (Wildman–Crippen LogP) is 3.82. The number of nitrogens with zero attached hydrogens (tertiary/aromatic N) is 1. The molecule has 0 saturated heterocycles. The van der Waals surface area contributed by atoms with Gasteiger partial charge >= 0.3 is 0 Å². The van der Waals surface area contributed by atoms with E-state index in [1.165, 1.54) is 36.6 Å². The highest BCUT2D eigenvalue weighted by atomic mass is 14.8. The number of benzene rings is 1. The van der Waals surface area contributed by atoms with Crippen LogP contribution in [0.25, 0.3) is 10.9 Å². The maximum absolute atomic E-state index is 4.53. The topological polar surface area (TPSA) is 24.9 Å². The van der Waals surface area contributed by atoms with Crippen molar-refractivity contribution in [3.8, 4) is 0 Å². The largest absolute Gasteiger partial charge is 0.313 e. The average molecular weight is 254 g/mol. The Hall–Kier alpha value is -1.41. The average Bonchev–Trinajstić information content (AvgIpc) is 2.36. The van der Waals surface area contributed by atoms with Crippen LogP contribution in [0.4, 0.5) is 0 Å². The van der Waals surface area contributed by atoms with Crippen molar-refractivity contribution in [3.05, 3.63) is 41.6 Å². The highest BCUT2D eigenvalue weighted by Crippen LogP contribution is 2.28. The van der Waals surface area contributed by atoms with E-state index in [9.17, 15) is 0 Å². The third-order valence-electron chi connectivity index (χ3n) is 4.18. The van der Waals surface area contributed by atoms with Crippen LogP contribution in [-0.2, 0) is 6.54 Å². The molecular weight excluding hydrogens is 232 g/mol. The molecule has 1 saturated carbocycles. The lowest BCUT2D eigenvalue weighted by molar-refractivity contribution is 0.292. The maximum atomic E-state index is 4.53. The van der Waals surface area contributed by atoms with Gasteiger partial charge in [0.25, 0.3) is 0 Å². The molecule has 0 radical (unpaired) electrons. The number of pyridine rings is 1. The fourth-order valence-electron chi connectivity index (χ4n) is 2.71. The lowest BCUT2D eigenvalue weighted by Crippen LogP contribution is -2.21. The zero-order chi connectivity index (χ0) is 13.1. The van der Waals surface area contributed by atoms with E-state index in [1.807, 2.05) is 6.92 Å². The second-order valence-corrected chi connectivity index (χ2v) is 5.74. The van der Waals surface area contributed by atoms with Crippen molar-refractivity contribution in [1.29, 1.82) is 0 Å². The Bertz CT molecular complexity index is 558. The van der Waals surface area contributed by atoms with Crippen molar-refractivity contribution in [2.45, 2.75) is 39.2 Å². The summed E-state index contributed by atoms with van der Waals surface area (Å²) in [7, 11) is 0. The van der Waals surface area contributed by atoms with Gasteiger partial charge in [-0.3, -0.25) is 4.98 Å². The summed E-state index contributed by atoms with van der Waals surface area (Å²) in [6.45, 7) is 4.15. The quantitative estimate of drug-likeness (QED) is 0.820. The summed E-state index contributed by atoms with van der Waals surface area (Å²) >= 11 is 0. The Morgan fingerprint density at radius 2 is 2.11 bits per heavy atom. The van der Waals surface area contributed by atoms with E-state index in [0.717, 1.165) is 30.2 Å².